The molecule has 0 saturated carbocycles. The molecule has 1 aromatic carbocycles. The molecule has 16 heavy (non-hydrogen) atoms. The fourth-order valence-electron chi connectivity index (χ4n) is 1.93. The fraction of sp³-hybridized carbons (Fsp3) is 0.286. The third-order valence-electron chi connectivity index (χ3n) is 2.52. The average Bonchev–Trinajstić information content (AvgIpc) is 2.81. The molecule has 1 aromatic rings. The van der Waals surface area contributed by atoms with Crippen molar-refractivity contribution < 1.29 is 4.74 Å². The number of fused-ring (bicyclic) bond motifs is 3. The molecule has 0 amide bonds. The Labute approximate surface area is 99.0 Å². The lowest BCUT2D eigenvalue weighted by molar-refractivity contribution is 0.295. The van der Waals surface area contributed by atoms with Gasteiger partial charge in [-0.15, -0.1) is 0 Å². The fourth-order valence-corrected chi connectivity index (χ4v) is 1.93. The Morgan fingerprint density at radius 1 is 1.19 bits per heavy atom. The number of hydrogen-bond donors (Lipinski definition) is 0. The lowest BCUT2D eigenvalue weighted by atomic mass is 10.1. The highest BCUT2D eigenvalue weighted by Gasteiger charge is 2.15. The maximum absolute atomic E-state index is 5.72. The molecular formula is C14H18OSi. The third kappa shape index (κ3) is 1.98. The molecule has 3 rings (SSSR count). The van der Waals surface area contributed by atoms with Crippen LogP contribution >= 0.6 is 0 Å². The van der Waals surface area contributed by atoms with Gasteiger partial charge in [0.05, 0.1) is 0 Å². The molecule has 1 nitrogen and oxygen atoms in total. The molecule has 1 unspecified atom stereocenters. The van der Waals surface area contributed by atoms with Crippen LogP contribution in [0.5, 0.6) is 5.75 Å². The summed E-state index contributed by atoms with van der Waals surface area (Å²) in [6.07, 6.45) is 8.66. The predicted octanol–water partition coefficient (Wildman–Crippen LogP) is 1.31. The van der Waals surface area contributed by atoms with Crippen molar-refractivity contribution in [1.82, 2.24) is 0 Å². The van der Waals surface area contributed by atoms with Gasteiger partial charge in [0.2, 0.25) is 0 Å². The maximum atomic E-state index is 5.72. The van der Waals surface area contributed by atoms with E-state index in [1.807, 2.05) is 0 Å². The van der Waals surface area contributed by atoms with Gasteiger partial charge in [-0.1, -0.05) is 43.5 Å². The predicted molar refractivity (Wildman–Crippen MR) is 74.0 cm³/mol. The Morgan fingerprint density at radius 3 is 2.62 bits per heavy atom. The van der Waals surface area contributed by atoms with E-state index in [1.165, 1.54) is 16.0 Å². The average molecular weight is 230 g/mol. The van der Waals surface area contributed by atoms with Gasteiger partial charge >= 0.3 is 0 Å². The summed E-state index contributed by atoms with van der Waals surface area (Å²) in [6, 6.07) is 4.27. The molecule has 0 spiro atoms. The van der Waals surface area contributed by atoms with Crippen molar-refractivity contribution in [2.75, 3.05) is 0 Å². The van der Waals surface area contributed by atoms with E-state index >= 15 is 0 Å². The first kappa shape index (κ1) is 11.2. The van der Waals surface area contributed by atoms with Gasteiger partial charge in [0.15, 0.2) is 0 Å². The van der Waals surface area contributed by atoms with Crippen molar-refractivity contribution in [2.24, 2.45) is 0 Å². The molecule has 1 aliphatic heterocycles. The van der Waals surface area contributed by atoms with E-state index in [2.05, 4.69) is 56.5 Å². The van der Waals surface area contributed by atoms with Crippen LogP contribution in [-0.2, 0) is 0 Å². The van der Waals surface area contributed by atoms with E-state index in [9.17, 15) is 0 Å². The smallest absolute Gasteiger partial charge is 0.135 e. The van der Waals surface area contributed by atoms with Crippen molar-refractivity contribution >= 4 is 27.7 Å². The maximum Gasteiger partial charge on any atom is 0.135 e. The first-order chi connectivity index (χ1) is 7.76. The highest BCUT2D eigenvalue weighted by atomic mass is 28.2. The molecular weight excluding hydrogens is 212 g/mol. The molecule has 2 aliphatic rings. The zero-order chi connectivity index (χ0) is 11.5. The van der Waals surface area contributed by atoms with Gasteiger partial charge in [0.1, 0.15) is 11.9 Å². The largest absolute Gasteiger partial charge is 0.485 e. The van der Waals surface area contributed by atoms with Gasteiger partial charge in [0.25, 0.3) is 0 Å². The highest BCUT2D eigenvalue weighted by Crippen LogP contribution is 2.19. The second-order valence-electron chi connectivity index (χ2n) is 4.21. The number of hydrogen-bond acceptors (Lipinski definition) is 1. The van der Waals surface area contributed by atoms with E-state index in [4.69, 9.17) is 4.74 Å². The van der Waals surface area contributed by atoms with Gasteiger partial charge in [0, 0.05) is 20.3 Å². The molecule has 0 saturated heterocycles. The molecule has 0 aromatic heterocycles. The van der Waals surface area contributed by atoms with Gasteiger partial charge in [-0.2, -0.15) is 0 Å². The van der Waals surface area contributed by atoms with E-state index in [1.54, 1.807) is 0 Å². The monoisotopic (exact) mass is 230 g/mol. The Balaban J connectivity index is 0.000000292. The Kier molecular flexibility index (Phi) is 3.30. The summed E-state index contributed by atoms with van der Waals surface area (Å²) in [5.41, 5.74) is 1.23. The number of rotatable bonds is 0. The summed E-state index contributed by atoms with van der Waals surface area (Å²) in [5, 5.41) is 2.49. The summed E-state index contributed by atoms with van der Waals surface area (Å²) in [7, 11) is 0.417. The lowest BCUT2D eigenvalue weighted by Crippen LogP contribution is -2.11. The molecule has 1 aliphatic carbocycles. The SMILES string of the molecule is CC1C=c2ccc3c(c2O1)C=CC=3.C[SiH2]C. The number of benzene rings is 1. The minimum atomic E-state index is 0.218. The normalized spacial score (nSPS) is 18.6. The van der Waals surface area contributed by atoms with Gasteiger partial charge in [-0.25, -0.2) is 0 Å². The summed E-state index contributed by atoms with van der Waals surface area (Å²) >= 11 is 0. The Morgan fingerprint density at radius 2 is 1.88 bits per heavy atom. The molecule has 0 N–H and O–H groups in total. The van der Waals surface area contributed by atoms with Crippen molar-refractivity contribution in [3.05, 3.63) is 34.2 Å². The number of ether oxygens (including phenoxy) is 1. The summed E-state index contributed by atoms with van der Waals surface area (Å²) < 4.78 is 5.72. The molecule has 0 fully saturated rings. The Hall–Kier alpha value is -1.28. The van der Waals surface area contributed by atoms with Crippen molar-refractivity contribution in [2.45, 2.75) is 26.1 Å². The van der Waals surface area contributed by atoms with Crippen LogP contribution in [0.1, 0.15) is 12.5 Å². The van der Waals surface area contributed by atoms with E-state index in [-0.39, 0.29) is 6.10 Å². The zero-order valence-electron chi connectivity index (χ0n) is 10.2. The summed E-state index contributed by atoms with van der Waals surface area (Å²) in [5.74, 6) is 1.05. The number of allylic oxidation sites excluding steroid dienone is 1. The van der Waals surface area contributed by atoms with Crippen LogP contribution in [0.4, 0.5) is 0 Å². The quantitative estimate of drug-likeness (QED) is 0.611. The van der Waals surface area contributed by atoms with Crippen LogP contribution < -0.4 is 15.2 Å². The molecule has 2 heteroatoms. The van der Waals surface area contributed by atoms with Crippen molar-refractivity contribution in [1.29, 1.82) is 0 Å². The molecule has 1 atom stereocenters. The van der Waals surface area contributed by atoms with Crippen LogP contribution in [0.15, 0.2) is 18.2 Å². The van der Waals surface area contributed by atoms with E-state index < -0.39 is 0 Å². The van der Waals surface area contributed by atoms with Crippen molar-refractivity contribution in [3.63, 3.8) is 0 Å². The third-order valence-corrected chi connectivity index (χ3v) is 2.52. The lowest BCUT2D eigenvalue weighted by Gasteiger charge is -2.05. The van der Waals surface area contributed by atoms with Crippen LogP contribution in [0.25, 0.3) is 18.2 Å². The van der Waals surface area contributed by atoms with Gasteiger partial charge < -0.3 is 4.74 Å². The standard InChI is InChI=1S/C12H10O.C2H8Si/c1-8-7-10-6-5-9-3-2-4-11(9)12(10)13-8;1-3-2/h2-8H,1H3;3H2,1-2H3. The molecule has 84 valence electrons. The van der Waals surface area contributed by atoms with E-state index in [0.717, 1.165) is 5.75 Å². The van der Waals surface area contributed by atoms with Gasteiger partial charge in [-0.05, 0) is 18.2 Å². The molecule has 0 bridgehead atoms. The summed E-state index contributed by atoms with van der Waals surface area (Å²) in [4.78, 5) is 0. The minimum Gasteiger partial charge on any atom is -0.485 e. The highest BCUT2D eigenvalue weighted by molar-refractivity contribution is 6.31. The molecule has 0 radical (unpaired) electrons. The second kappa shape index (κ2) is 4.70. The van der Waals surface area contributed by atoms with Crippen LogP contribution in [0, 0.1) is 0 Å². The van der Waals surface area contributed by atoms with E-state index in [0.29, 0.717) is 9.52 Å². The summed E-state index contributed by atoms with van der Waals surface area (Å²) in [6.45, 7) is 6.59. The minimum absolute atomic E-state index is 0.218. The van der Waals surface area contributed by atoms with Crippen molar-refractivity contribution in [3.8, 4) is 5.75 Å². The first-order valence-corrected chi connectivity index (χ1v) is 8.79. The Bertz CT molecular complexity index is 528. The first-order valence-electron chi connectivity index (χ1n) is 5.96. The van der Waals surface area contributed by atoms with Crippen LogP contribution in [-0.4, -0.2) is 15.6 Å². The topological polar surface area (TPSA) is 9.23 Å². The molecule has 1 heterocycles. The second-order valence-corrected chi connectivity index (χ2v) is 5.62. The zero-order valence-corrected chi connectivity index (χ0v) is 11.6. The van der Waals surface area contributed by atoms with Gasteiger partial charge in [-0.3, -0.25) is 0 Å². The van der Waals surface area contributed by atoms with Crippen LogP contribution in [0.3, 0.4) is 0 Å². The van der Waals surface area contributed by atoms with Crippen LogP contribution in [0.2, 0.25) is 13.1 Å².